The van der Waals surface area contributed by atoms with Gasteiger partial charge in [0, 0.05) is 12.1 Å². The summed E-state index contributed by atoms with van der Waals surface area (Å²) < 4.78 is 1.63. The molecule has 1 amide bonds. The van der Waals surface area contributed by atoms with Crippen molar-refractivity contribution in [3.8, 4) is 0 Å². The normalized spacial score (nSPS) is 11.1. The molecule has 7 heteroatoms. The van der Waals surface area contributed by atoms with Gasteiger partial charge in [-0.05, 0) is 39.3 Å². The second-order valence-electron chi connectivity index (χ2n) is 6.40. The van der Waals surface area contributed by atoms with E-state index in [1.165, 1.54) is 0 Å². The van der Waals surface area contributed by atoms with Crippen LogP contribution in [0.15, 0.2) is 24.3 Å². The van der Waals surface area contributed by atoms with Crippen LogP contribution in [0.2, 0.25) is 5.02 Å². The van der Waals surface area contributed by atoms with Crippen molar-refractivity contribution in [1.82, 2.24) is 19.6 Å². The third kappa shape index (κ3) is 3.55. The number of halogens is 1. The fourth-order valence-corrected chi connectivity index (χ4v) is 2.92. The highest BCUT2D eigenvalue weighted by molar-refractivity contribution is 6.31. The van der Waals surface area contributed by atoms with E-state index in [-0.39, 0.29) is 5.91 Å². The number of benzene rings is 1. The van der Waals surface area contributed by atoms with Crippen LogP contribution in [0, 0.1) is 20.8 Å². The van der Waals surface area contributed by atoms with Crippen LogP contribution in [0.1, 0.15) is 42.5 Å². The zero-order valence-electron chi connectivity index (χ0n) is 15.5. The second-order valence-corrected chi connectivity index (χ2v) is 6.78. The summed E-state index contributed by atoms with van der Waals surface area (Å²) in [6.45, 7) is 8.02. The lowest BCUT2D eigenvalue weighted by Gasteiger charge is -2.21. The summed E-state index contributed by atoms with van der Waals surface area (Å²) in [5, 5.41) is 5.08. The molecule has 3 rings (SSSR count). The number of anilines is 1. The number of amides is 1. The summed E-state index contributed by atoms with van der Waals surface area (Å²) in [6, 6.07) is 7.88. The number of rotatable bonds is 5. The lowest BCUT2D eigenvalue weighted by atomic mass is 10.2. The molecule has 0 bridgehead atoms. The van der Waals surface area contributed by atoms with Crippen molar-refractivity contribution in [3.05, 3.63) is 52.1 Å². The summed E-state index contributed by atoms with van der Waals surface area (Å²) in [6.07, 6.45) is 1.26. The molecule has 1 aromatic carbocycles. The van der Waals surface area contributed by atoms with E-state index in [4.69, 9.17) is 11.6 Å². The van der Waals surface area contributed by atoms with E-state index in [1.54, 1.807) is 9.42 Å². The van der Waals surface area contributed by atoms with E-state index in [9.17, 15) is 4.79 Å². The molecular weight excluding hydrogens is 350 g/mol. The Morgan fingerprint density at radius 3 is 2.50 bits per heavy atom. The van der Waals surface area contributed by atoms with Gasteiger partial charge < -0.3 is 4.90 Å². The van der Waals surface area contributed by atoms with Gasteiger partial charge in [0.15, 0.2) is 5.82 Å². The van der Waals surface area contributed by atoms with E-state index in [0.29, 0.717) is 35.3 Å². The minimum absolute atomic E-state index is 0.0501. The topological polar surface area (TPSA) is 63.4 Å². The first-order chi connectivity index (χ1) is 12.4. The van der Waals surface area contributed by atoms with Gasteiger partial charge in [0.1, 0.15) is 0 Å². The quantitative estimate of drug-likeness (QED) is 0.679. The number of carbonyl (C=O) groups is 1. The third-order valence-electron chi connectivity index (χ3n) is 4.26. The van der Waals surface area contributed by atoms with Crippen LogP contribution in [0.5, 0.6) is 0 Å². The van der Waals surface area contributed by atoms with Gasteiger partial charge in [-0.2, -0.15) is 9.50 Å². The number of aryl methyl sites for hydroxylation is 3. The number of fused-ring (bicyclic) bond motifs is 1. The summed E-state index contributed by atoms with van der Waals surface area (Å²) in [5.74, 6) is 1.08. The van der Waals surface area contributed by atoms with Crippen molar-refractivity contribution in [3.63, 3.8) is 0 Å². The fraction of sp³-hybridized carbons (Fsp3) is 0.368. The van der Waals surface area contributed by atoms with Crippen LogP contribution >= 0.6 is 11.6 Å². The van der Waals surface area contributed by atoms with E-state index >= 15 is 0 Å². The van der Waals surface area contributed by atoms with E-state index in [0.717, 1.165) is 23.4 Å². The summed E-state index contributed by atoms with van der Waals surface area (Å²) >= 11 is 6.26. The minimum atomic E-state index is 0.0501. The van der Waals surface area contributed by atoms with Crippen LogP contribution in [-0.4, -0.2) is 25.5 Å². The predicted molar refractivity (Wildman–Crippen MR) is 103 cm³/mol. The van der Waals surface area contributed by atoms with Crippen molar-refractivity contribution in [2.75, 3.05) is 4.90 Å². The molecule has 0 radical (unpaired) electrons. The van der Waals surface area contributed by atoms with Crippen LogP contribution in [0.4, 0.5) is 5.69 Å². The number of hydrogen-bond donors (Lipinski definition) is 0. The van der Waals surface area contributed by atoms with Gasteiger partial charge in [0.05, 0.1) is 23.0 Å². The SMILES string of the molecule is CCCC(=O)N(Cc1nc2nc(C)c(Cl)c(C)n2n1)c1ccc(C)cc1. The number of aromatic nitrogens is 4. The Bertz CT molecular complexity index is 949. The fourth-order valence-electron chi connectivity index (χ4n) is 2.80. The van der Waals surface area contributed by atoms with Crippen molar-refractivity contribution >= 4 is 29.0 Å². The lowest BCUT2D eigenvalue weighted by Crippen LogP contribution is -2.30. The van der Waals surface area contributed by atoms with Crippen molar-refractivity contribution in [1.29, 1.82) is 0 Å². The zero-order valence-corrected chi connectivity index (χ0v) is 16.2. The van der Waals surface area contributed by atoms with Crippen molar-refractivity contribution in [2.24, 2.45) is 0 Å². The molecular formula is C19H22ClN5O. The first kappa shape index (κ1) is 18.3. The first-order valence-corrected chi connectivity index (χ1v) is 9.04. The highest BCUT2D eigenvalue weighted by Crippen LogP contribution is 2.21. The number of hydrogen-bond acceptors (Lipinski definition) is 4. The van der Waals surface area contributed by atoms with Gasteiger partial charge in [-0.3, -0.25) is 4.79 Å². The van der Waals surface area contributed by atoms with E-state index < -0.39 is 0 Å². The van der Waals surface area contributed by atoms with Crippen LogP contribution in [0.25, 0.3) is 5.78 Å². The van der Waals surface area contributed by atoms with Crippen LogP contribution in [-0.2, 0) is 11.3 Å². The summed E-state index contributed by atoms with van der Waals surface area (Å²) in [5.41, 5.74) is 3.49. The Morgan fingerprint density at radius 1 is 1.15 bits per heavy atom. The smallest absolute Gasteiger partial charge is 0.253 e. The van der Waals surface area contributed by atoms with E-state index in [2.05, 4.69) is 15.1 Å². The molecule has 26 heavy (non-hydrogen) atoms. The zero-order chi connectivity index (χ0) is 18.8. The molecule has 0 unspecified atom stereocenters. The minimum Gasteiger partial charge on any atom is -0.305 e. The molecule has 0 aliphatic rings. The molecule has 0 atom stereocenters. The average Bonchev–Trinajstić information content (AvgIpc) is 3.01. The summed E-state index contributed by atoms with van der Waals surface area (Å²) in [4.78, 5) is 23.2. The van der Waals surface area contributed by atoms with Gasteiger partial charge >= 0.3 is 0 Å². The molecule has 2 heterocycles. The third-order valence-corrected chi connectivity index (χ3v) is 4.81. The van der Waals surface area contributed by atoms with Gasteiger partial charge in [-0.15, -0.1) is 5.10 Å². The molecule has 0 fully saturated rings. The Balaban J connectivity index is 1.98. The molecule has 0 aliphatic carbocycles. The molecule has 0 aliphatic heterocycles. The van der Waals surface area contributed by atoms with Crippen LogP contribution < -0.4 is 4.90 Å². The maximum absolute atomic E-state index is 12.7. The largest absolute Gasteiger partial charge is 0.305 e. The van der Waals surface area contributed by atoms with Gasteiger partial charge in [-0.1, -0.05) is 36.2 Å². The number of carbonyl (C=O) groups excluding carboxylic acids is 1. The van der Waals surface area contributed by atoms with Gasteiger partial charge in [0.25, 0.3) is 5.78 Å². The highest BCUT2D eigenvalue weighted by atomic mass is 35.5. The lowest BCUT2D eigenvalue weighted by molar-refractivity contribution is -0.118. The van der Waals surface area contributed by atoms with Gasteiger partial charge in [-0.25, -0.2) is 4.98 Å². The maximum atomic E-state index is 12.7. The standard InChI is InChI=1S/C19H22ClN5O/c1-5-6-17(26)24(15-9-7-12(2)8-10-15)11-16-22-19-21-13(3)18(20)14(4)25(19)23-16/h7-10H,5-6,11H2,1-4H3. The summed E-state index contributed by atoms with van der Waals surface area (Å²) in [7, 11) is 0. The molecule has 0 spiro atoms. The first-order valence-electron chi connectivity index (χ1n) is 8.66. The predicted octanol–water partition coefficient (Wildman–Crippen LogP) is 4.04. The van der Waals surface area contributed by atoms with Crippen molar-refractivity contribution in [2.45, 2.75) is 47.1 Å². The monoisotopic (exact) mass is 371 g/mol. The number of nitrogens with zero attached hydrogens (tertiary/aromatic N) is 5. The maximum Gasteiger partial charge on any atom is 0.253 e. The average molecular weight is 372 g/mol. The molecule has 0 saturated carbocycles. The van der Waals surface area contributed by atoms with Crippen LogP contribution in [0.3, 0.4) is 0 Å². The Labute approximate surface area is 157 Å². The van der Waals surface area contributed by atoms with Gasteiger partial charge in [0.2, 0.25) is 5.91 Å². The molecule has 0 N–H and O–H groups in total. The molecule has 2 aromatic heterocycles. The van der Waals surface area contributed by atoms with Crippen molar-refractivity contribution < 1.29 is 4.79 Å². The molecule has 136 valence electrons. The molecule has 3 aromatic rings. The Morgan fingerprint density at radius 2 is 1.85 bits per heavy atom. The molecule has 6 nitrogen and oxygen atoms in total. The molecule has 0 saturated heterocycles. The second kappa shape index (κ2) is 7.41. The Kier molecular flexibility index (Phi) is 5.23. The highest BCUT2D eigenvalue weighted by Gasteiger charge is 2.19. The van der Waals surface area contributed by atoms with E-state index in [1.807, 2.05) is 52.0 Å². The Hall–Kier alpha value is -2.47.